The summed E-state index contributed by atoms with van der Waals surface area (Å²) in [7, 11) is 0. The van der Waals surface area contributed by atoms with Crippen molar-refractivity contribution in [3.05, 3.63) is 23.9 Å². The van der Waals surface area contributed by atoms with Crippen LogP contribution in [-0.4, -0.2) is 21.9 Å². The lowest BCUT2D eigenvalue weighted by Crippen LogP contribution is -2.44. The van der Waals surface area contributed by atoms with Gasteiger partial charge in [0.15, 0.2) is 0 Å². The first-order valence-electron chi connectivity index (χ1n) is 6.09. The Balaban J connectivity index is 1.94. The molecule has 86 valence electrons. The van der Waals surface area contributed by atoms with Gasteiger partial charge >= 0.3 is 0 Å². The van der Waals surface area contributed by atoms with E-state index < -0.39 is 0 Å². The van der Waals surface area contributed by atoms with Crippen molar-refractivity contribution in [1.82, 2.24) is 4.98 Å². The summed E-state index contributed by atoms with van der Waals surface area (Å²) in [5, 5.41) is 0. The summed E-state index contributed by atoms with van der Waals surface area (Å²) in [6, 6.07) is 5.61. The van der Waals surface area contributed by atoms with Crippen molar-refractivity contribution in [2.24, 2.45) is 0 Å². The fourth-order valence-corrected chi connectivity index (χ4v) is 4.07. The fourth-order valence-electron chi connectivity index (χ4n) is 3.20. The van der Waals surface area contributed by atoms with Gasteiger partial charge in [-0.15, -0.1) is 0 Å². The number of hydrogen-bond donors (Lipinski definition) is 0. The molecule has 3 heteroatoms. The Labute approximate surface area is 105 Å². The maximum atomic E-state index is 4.58. The number of hydrogen-bond acceptors (Lipinski definition) is 2. The third-order valence-electron chi connectivity index (χ3n) is 3.90. The first kappa shape index (κ1) is 10.6. The average Bonchev–Trinajstić information content (AvgIpc) is 2.53. The third-order valence-corrected chi connectivity index (χ3v) is 4.65. The number of anilines is 1. The Morgan fingerprint density at radius 1 is 1.31 bits per heavy atom. The van der Waals surface area contributed by atoms with Crippen LogP contribution in [0.25, 0.3) is 0 Å². The predicted molar refractivity (Wildman–Crippen MR) is 70.2 cm³/mol. The maximum absolute atomic E-state index is 4.58. The molecule has 0 radical (unpaired) electrons. The van der Waals surface area contributed by atoms with Gasteiger partial charge in [0.1, 0.15) is 5.82 Å². The highest BCUT2D eigenvalue weighted by molar-refractivity contribution is 9.09. The molecule has 2 unspecified atom stereocenters. The van der Waals surface area contributed by atoms with Crippen LogP contribution in [0.4, 0.5) is 5.82 Å². The zero-order valence-electron chi connectivity index (χ0n) is 9.56. The fraction of sp³-hybridized carbons (Fsp3) is 0.615. The van der Waals surface area contributed by atoms with Crippen LogP contribution in [0.5, 0.6) is 0 Å². The highest BCUT2D eigenvalue weighted by Crippen LogP contribution is 2.41. The molecule has 2 aliphatic heterocycles. The minimum absolute atomic E-state index is 0.705. The van der Waals surface area contributed by atoms with E-state index in [0.717, 1.165) is 0 Å². The second-order valence-corrected chi connectivity index (χ2v) is 6.30. The van der Waals surface area contributed by atoms with Gasteiger partial charge in [-0.1, -0.05) is 22.0 Å². The second kappa shape index (κ2) is 4.02. The Bertz CT molecular complexity index is 379. The summed E-state index contributed by atoms with van der Waals surface area (Å²) in [5.41, 5.74) is 1.31. The van der Waals surface area contributed by atoms with E-state index in [4.69, 9.17) is 0 Å². The zero-order valence-corrected chi connectivity index (χ0v) is 11.2. The molecule has 2 fully saturated rings. The van der Waals surface area contributed by atoms with Gasteiger partial charge in [-0.2, -0.15) is 0 Å². The number of fused-ring (bicyclic) bond motifs is 2. The molecular formula is C13H17BrN2. The Morgan fingerprint density at radius 3 is 2.62 bits per heavy atom. The van der Waals surface area contributed by atoms with Gasteiger partial charge in [0.05, 0.1) is 0 Å². The van der Waals surface area contributed by atoms with E-state index >= 15 is 0 Å². The predicted octanol–water partition coefficient (Wildman–Crippen LogP) is 3.28. The molecule has 3 heterocycles. The number of nitrogens with zero attached hydrogens (tertiary/aromatic N) is 2. The molecule has 1 aromatic rings. The Kier molecular flexibility index (Phi) is 2.66. The number of pyridine rings is 1. The SMILES string of the molecule is Cc1cccnc1N1C2CCC1CC(Br)C2. The van der Waals surface area contributed by atoms with Crippen LogP contribution in [0.15, 0.2) is 18.3 Å². The maximum Gasteiger partial charge on any atom is 0.131 e. The number of alkyl halides is 1. The van der Waals surface area contributed by atoms with Gasteiger partial charge < -0.3 is 4.90 Å². The van der Waals surface area contributed by atoms with Crippen molar-refractivity contribution < 1.29 is 0 Å². The molecule has 2 saturated heterocycles. The minimum atomic E-state index is 0.705. The second-order valence-electron chi connectivity index (χ2n) is 5.00. The lowest BCUT2D eigenvalue weighted by molar-refractivity contribution is 0.478. The van der Waals surface area contributed by atoms with Gasteiger partial charge in [-0.25, -0.2) is 4.98 Å². The summed E-state index contributed by atoms with van der Waals surface area (Å²) in [6.45, 7) is 2.17. The molecule has 2 nitrogen and oxygen atoms in total. The van der Waals surface area contributed by atoms with Crippen molar-refractivity contribution in [2.75, 3.05) is 4.90 Å². The minimum Gasteiger partial charge on any atom is -0.350 e. The standard InChI is InChI=1S/C13H17BrN2/c1-9-3-2-6-15-13(9)16-11-4-5-12(16)8-10(14)7-11/h2-3,6,10-12H,4-5,7-8H2,1H3. The van der Waals surface area contributed by atoms with Crippen LogP contribution in [0.3, 0.4) is 0 Å². The number of aryl methyl sites for hydroxylation is 1. The van der Waals surface area contributed by atoms with Crippen LogP contribution in [0.1, 0.15) is 31.2 Å². The highest BCUT2D eigenvalue weighted by atomic mass is 79.9. The molecule has 2 atom stereocenters. The van der Waals surface area contributed by atoms with E-state index in [-0.39, 0.29) is 0 Å². The van der Waals surface area contributed by atoms with Crippen molar-refractivity contribution in [1.29, 1.82) is 0 Å². The summed E-state index contributed by atoms with van der Waals surface area (Å²) >= 11 is 3.78. The molecule has 0 saturated carbocycles. The monoisotopic (exact) mass is 280 g/mol. The largest absolute Gasteiger partial charge is 0.350 e. The van der Waals surface area contributed by atoms with Gasteiger partial charge in [-0.3, -0.25) is 0 Å². The summed E-state index contributed by atoms with van der Waals surface area (Å²) in [4.78, 5) is 7.87. The van der Waals surface area contributed by atoms with Crippen molar-refractivity contribution in [3.63, 3.8) is 0 Å². The average molecular weight is 281 g/mol. The van der Waals surface area contributed by atoms with Crippen LogP contribution in [0, 0.1) is 6.92 Å². The van der Waals surface area contributed by atoms with Crippen molar-refractivity contribution in [2.45, 2.75) is 49.5 Å². The van der Waals surface area contributed by atoms with Crippen molar-refractivity contribution in [3.8, 4) is 0 Å². The Morgan fingerprint density at radius 2 is 2.00 bits per heavy atom. The molecule has 0 aliphatic carbocycles. The molecule has 0 spiro atoms. The molecule has 16 heavy (non-hydrogen) atoms. The van der Waals surface area contributed by atoms with E-state index in [9.17, 15) is 0 Å². The normalized spacial score (nSPS) is 33.1. The molecule has 0 amide bonds. The van der Waals surface area contributed by atoms with E-state index in [1.807, 2.05) is 12.3 Å². The molecule has 2 aliphatic rings. The van der Waals surface area contributed by atoms with E-state index in [2.05, 4.69) is 38.8 Å². The quantitative estimate of drug-likeness (QED) is 0.734. The first-order chi connectivity index (χ1) is 7.75. The molecule has 1 aromatic heterocycles. The molecule has 3 rings (SSSR count). The van der Waals surface area contributed by atoms with E-state index in [0.29, 0.717) is 16.9 Å². The summed E-state index contributed by atoms with van der Waals surface area (Å²) in [6.07, 6.45) is 7.13. The number of halogens is 1. The number of rotatable bonds is 1. The third kappa shape index (κ3) is 1.65. The number of aromatic nitrogens is 1. The summed E-state index contributed by atoms with van der Waals surface area (Å²) in [5.74, 6) is 1.22. The number of piperidine rings is 1. The van der Waals surface area contributed by atoms with Gasteiger partial charge in [0.2, 0.25) is 0 Å². The van der Waals surface area contributed by atoms with Crippen LogP contribution >= 0.6 is 15.9 Å². The van der Waals surface area contributed by atoms with E-state index in [1.165, 1.54) is 37.1 Å². The highest BCUT2D eigenvalue weighted by Gasteiger charge is 2.40. The Hall–Kier alpha value is -0.570. The lowest BCUT2D eigenvalue weighted by Gasteiger charge is -2.38. The van der Waals surface area contributed by atoms with Gasteiger partial charge in [-0.05, 0) is 44.2 Å². The van der Waals surface area contributed by atoms with Crippen LogP contribution in [-0.2, 0) is 0 Å². The first-order valence-corrected chi connectivity index (χ1v) is 7.01. The zero-order chi connectivity index (χ0) is 11.1. The van der Waals surface area contributed by atoms with Crippen LogP contribution < -0.4 is 4.90 Å². The van der Waals surface area contributed by atoms with Gasteiger partial charge in [0.25, 0.3) is 0 Å². The molecule has 2 bridgehead atoms. The molecular weight excluding hydrogens is 264 g/mol. The van der Waals surface area contributed by atoms with Gasteiger partial charge in [0, 0.05) is 23.1 Å². The molecule has 0 N–H and O–H groups in total. The van der Waals surface area contributed by atoms with E-state index in [1.54, 1.807) is 0 Å². The summed E-state index contributed by atoms with van der Waals surface area (Å²) < 4.78 is 0. The van der Waals surface area contributed by atoms with Crippen LogP contribution in [0.2, 0.25) is 0 Å². The van der Waals surface area contributed by atoms with Crippen molar-refractivity contribution >= 4 is 21.7 Å². The smallest absolute Gasteiger partial charge is 0.131 e. The lowest BCUT2D eigenvalue weighted by atomic mass is 10.0. The topological polar surface area (TPSA) is 16.1 Å². The molecule has 0 aromatic carbocycles.